The lowest BCUT2D eigenvalue weighted by Crippen LogP contribution is -2.06. The standard InChI is InChI=1S/C15H21BrO3/c1-17-14-8-5-11(10-15(14)18-2)13(16)7-6-12-4-3-9-19-12/h5,8,10,12-13H,3-4,6-7,9H2,1-2H3. The molecular weight excluding hydrogens is 308 g/mol. The van der Waals surface area contributed by atoms with Crippen LogP contribution in [0.1, 0.15) is 36.1 Å². The number of ether oxygens (including phenoxy) is 3. The van der Waals surface area contributed by atoms with Crippen LogP contribution in [0.2, 0.25) is 0 Å². The molecule has 0 N–H and O–H groups in total. The lowest BCUT2D eigenvalue weighted by molar-refractivity contribution is 0.102. The summed E-state index contributed by atoms with van der Waals surface area (Å²) in [5.74, 6) is 1.55. The van der Waals surface area contributed by atoms with E-state index in [2.05, 4.69) is 22.0 Å². The van der Waals surface area contributed by atoms with Crippen molar-refractivity contribution >= 4 is 15.9 Å². The first-order valence-corrected chi connectivity index (χ1v) is 7.63. The van der Waals surface area contributed by atoms with E-state index in [1.807, 2.05) is 12.1 Å². The van der Waals surface area contributed by atoms with Gasteiger partial charge in [0, 0.05) is 11.4 Å². The molecule has 1 saturated heterocycles. The number of hydrogen-bond donors (Lipinski definition) is 0. The van der Waals surface area contributed by atoms with Crippen LogP contribution in [-0.2, 0) is 4.74 Å². The summed E-state index contributed by atoms with van der Waals surface area (Å²) >= 11 is 3.75. The third-order valence-corrected chi connectivity index (χ3v) is 4.52. The molecule has 0 aliphatic carbocycles. The molecule has 2 atom stereocenters. The van der Waals surface area contributed by atoms with E-state index in [4.69, 9.17) is 14.2 Å². The molecule has 0 amide bonds. The van der Waals surface area contributed by atoms with Crippen LogP contribution in [-0.4, -0.2) is 26.9 Å². The minimum atomic E-state index is 0.330. The quantitative estimate of drug-likeness (QED) is 0.736. The van der Waals surface area contributed by atoms with E-state index in [-0.39, 0.29) is 0 Å². The van der Waals surface area contributed by atoms with Crippen molar-refractivity contribution in [3.05, 3.63) is 23.8 Å². The van der Waals surface area contributed by atoms with Crippen molar-refractivity contribution in [2.24, 2.45) is 0 Å². The second-order valence-electron chi connectivity index (χ2n) is 4.79. The van der Waals surface area contributed by atoms with Crippen LogP contribution in [0.25, 0.3) is 0 Å². The summed E-state index contributed by atoms with van der Waals surface area (Å²) in [4.78, 5) is 0.330. The lowest BCUT2D eigenvalue weighted by Gasteiger charge is -2.15. The molecular formula is C15H21BrO3. The summed E-state index contributed by atoms with van der Waals surface area (Å²) in [6.07, 6.45) is 5.02. The van der Waals surface area contributed by atoms with E-state index in [0.29, 0.717) is 10.9 Å². The monoisotopic (exact) mass is 328 g/mol. The van der Waals surface area contributed by atoms with Crippen LogP contribution in [0, 0.1) is 0 Å². The van der Waals surface area contributed by atoms with E-state index in [9.17, 15) is 0 Å². The van der Waals surface area contributed by atoms with E-state index < -0.39 is 0 Å². The van der Waals surface area contributed by atoms with Crippen LogP contribution in [0.15, 0.2) is 18.2 Å². The Kier molecular flexibility index (Phi) is 5.52. The summed E-state index contributed by atoms with van der Waals surface area (Å²) in [5, 5.41) is 0. The Bertz CT molecular complexity index is 402. The normalized spacial score (nSPS) is 20.3. The Morgan fingerprint density at radius 1 is 1.32 bits per heavy atom. The van der Waals surface area contributed by atoms with Gasteiger partial charge in [-0.3, -0.25) is 0 Å². The molecule has 19 heavy (non-hydrogen) atoms. The fourth-order valence-corrected chi connectivity index (χ4v) is 2.97. The minimum absolute atomic E-state index is 0.330. The molecule has 1 fully saturated rings. The molecule has 2 rings (SSSR count). The van der Waals surface area contributed by atoms with Crippen molar-refractivity contribution in [1.29, 1.82) is 0 Å². The number of methoxy groups -OCH3 is 2. The van der Waals surface area contributed by atoms with Crippen LogP contribution >= 0.6 is 15.9 Å². The van der Waals surface area contributed by atoms with Gasteiger partial charge in [0.2, 0.25) is 0 Å². The first kappa shape index (κ1) is 14.7. The smallest absolute Gasteiger partial charge is 0.161 e. The molecule has 0 aromatic heterocycles. The van der Waals surface area contributed by atoms with Crippen LogP contribution in [0.4, 0.5) is 0 Å². The molecule has 0 spiro atoms. The number of rotatable bonds is 6. The van der Waals surface area contributed by atoms with Crippen molar-refractivity contribution in [3.8, 4) is 11.5 Å². The third-order valence-electron chi connectivity index (χ3n) is 3.54. The van der Waals surface area contributed by atoms with Gasteiger partial charge in [0.15, 0.2) is 11.5 Å². The van der Waals surface area contributed by atoms with E-state index in [0.717, 1.165) is 30.9 Å². The van der Waals surface area contributed by atoms with Gasteiger partial charge in [-0.25, -0.2) is 0 Å². The van der Waals surface area contributed by atoms with Crippen LogP contribution in [0.3, 0.4) is 0 Å². The first-order valence-electron chi connectivity index (χ1n) is 6.72. The average Bonchev–Trinajstić information content (AvgIpc) is 2.97. The highest BCUT2D eigenvalue weighted by Gasteiger charge is 2.18. The van der Waals surface area contributed by atoms with E-state index in [1.54, 1.807) is 14.2 Å². The zero-order chi connectivity index (χ0) is 13.7. The molecule has 0 saturated carbocycles. The Hall–Kier alpha value is -0.740. The highest BCUT2D eigenvalue weighted by Crippen LogP contribution is 2.35. The van der Waals surface area contributed by atoms with Crippen molar-refractivity contribution in [3.63, 3.8) is 0 Å². The Labute approximate surface area is 123 Å². The number of benzene rings is 1. The van der Waals surface area contributed by atoms with Crippen LogP contribution in [0.5, 0.6) is 11.5 Å². The van der Waals surface area contributed by atoms with Gasteiger partial charge in [-0.15, -0.1) is 0 Å². The Balaban J connectivity index is 1.95. The van der Waals surface area contributed by atoms with Crippen LogP contribution < -0.4 is 9.47 Å². The maximum absolute atomic E-state index is 5.66. The Morgan fingerprint density at radius 2 is 2.11 bits per heavy atom. The summed E-state index contributed by atoms with van der Waals surface area (Å²) in [7, 11) is 3.32. The summed E-state index contributed by atoms with van der Waals surface area (Å²) in [6.45, 7) is 0.925. The second-order valence-corrected chi connectivity index (χ2v) is 5.90. The largest absolute Gasteiger partial charge is 0.493 e. The topological polar surface area (TPSA) is 27.7 Å². The molecule has 1 heterocycles. The molecule has 3 nitrogen and oxygen atoms in total. The summed E-state index contributed by atoms with van der Waals surface area (Å²) < 4.78 is 16.2. The van der Waals surface area contributed by atoms with Gasteiger partial charge >= 0.3 is 0 Å². The van der Waals surface area contributed by atoms with Gasteiger partial charge in [-0.1, -0.05) is 22.0 Å². The zero-order valence-corrected chi connectivity index (χ0v) is 13.1. The third kappa shape index (κ3) is 3.86. The molecule has 2 unspecified atom stereocenters. The first-order chi connectivity index (χ1) is 9.24. The molecule has 106 valence electrons. The molecule has 1 aliphatic rings. The van der Waals surface area contributed by atoms with Gasteiger partial charge in [-0.05, 0) is 43.4 Å². The number of alkyl halides is 1. The number of halogens is 1. The minimum Gasteiger partial charge on any atom is -0.493 e. The second kappa shape index (κ2) is 7.15. The molecule has 1 aromatic carbocycles. The predicted octanol–water partition coefficient (Wildman–Crippen LogP) is 4.10. The van der Waals surface area contributed by atoms with Gasteiger partial charge in [0.25, 0.3) is 0 Å². The van der Waals surface area contributed by atoms with Gasteiger partial charge in [0.05, 0.1) is 20.3 Å². The molecule has 4 heteroatoms. The van der Waals surface area contributed by atoms with Gasteiger partial charge in [-0.2, -0.15) is 0 Å². The molecule has 0 radical (unpaired) electrons. The van der Waals surface area contributed by atoms with Crippen molar-refractivity contribution in [2.45, 2.75) is 36.6 Å². The fraction of sp³-hybridized carbons (Fsp3) is 0.600. The average molecular weight is 329 g/mol. The maximum atomic E-state index is 5.66. The van der Waals surface area contributed by atoms with E-state index >= 15 is 0 Å². The predicted molar refractivity (Wildman–Crippen MR) is 79.4 cm³/mol. The molecule has 1 aromatic rings. The summed E-state index contributed by atoms with van der Waals surface area (Å²) in [5.41, 5.74) is 1.22. The summed E-state index contributed by atoms with van der Waals surface area (Å²) in [6, 6.07) is 6.07. The van der Waals surface area contributed by atoms with Crippen molar-refractivity contribution in [1.82, 2.24) is 0 Å². The van der Waals surface area contributed by atoms with Crippen molar-refractivity contribution < 1.29 is 14.2 Å². The molecule has 1 aliphatic heterocycles. The highest BCUT2D eigenvalue weighted by atomic mass is 79.9. The lowest BCUT2D eigenvalue weighted by atomic mass is 10.0. The van der Waals surface area contributed by atoms with Crippen molar-refractivity contribution in [2.75, 3.05) is 20.8 Å². The zero-order valence-electron chi connectivity index (χ0n) is 11.5. The SMILES string of the molecule is COc1ccc(C(Br)CCC2CCCO2)cc1OC. The molecule has 0 bridgehead atoms. The Morgan fingerprint density at radius 3 is 2.74 bits per heavy atom. The fourth-order valence-electron chi connectivity index (χ4n) is 2.42. The van der Waals surface area contributed by atoms with Gasteiger partial charge in [0.1, 0.15) is 0 Å². The van der Waals surface area contributed by atoms with Gasteiger partial charge < -0.3 is 14.2 Å². The maximum Gasteiger partial charge on any atom is 0.161 e. The highest BCUT2D eigenvalue weighted by molar-refractivity contribution is 9.09. The number of hydrogen-bond acceptors (Lipinski definition) is 3. The van der Waals surface area contributed by atoms with E-state index in [1.165, 1.54) is 18.4 Å².